The molecule has 0 fully saturated rings. The quantitative estimate of drug-likeness (QED) is 0.501. The predicted molar refractivity (Wildman–Crippen MR) is 59.3 cm³/mol. The van der Waals surface area contributed by atoms with Gasteiger partial charge in [0.15, 0.2) is 5.76 Å². The zero-order valence-electron chi connectivity index (χ0n) is 9.38. The van der Waals surface area contributed by atoms with Gasteiger partial charge in [0.2, 0.25) is 5.91 Å². The monoisotopic (exact) mass is 255 g/mol. The molecule has 2 amide bonds. The van der Waals surface area contributed by atoms with Crippen LogP contribution in [-0.4, -0.2) is 28.9 Å². The van der Waals surface area contributed by atoms with Crippen molar-refractivity contribution in [2.24, 2.45) is 11.5 Å². The van der Waals surface area contributed by atoms with Gasteiger partial charge < -0.3 is 26.3 Å². The fourth-order valence-corrected chi connectivity index (χ4v) is 1.24. The van der Waals surface area contributed by atoms with Crippen LogP contribution in [0.2, 0.25) is 0 Å². The summed E-state index contributed by atoms with van der Waals surface area (Å²) in [6.45, 7) is 0.122. The Hall–Kier alpha value is -2.35. The molecule has 0 saturated carbocycles. The number of nitrogens with two attached hydrogens (primary N) is 2. The van der Waals surface area contributed by atoms with E-state index in [1.807, 2.05) is 0 Å². The van der Waals surface area contributed by atoms with Crippen molar-refractivity contribution >= 4 is 17.8 Å². The average molecular weight is 255 g/mol. The highest BCUT2D eigenvalue weighted by Gasteiger charge is 2.23. The predicted octanol–water partition coefficient (Wildman–Crippen LogP) is -1.20. The lowest BCUT2D eigenvalue weighted by Gasteiger charge is -2.11. The molecule has 8 nitrogen and oxygen atoms in total. The van der Waals surface area contributed by atoms with Crippen molar-refractivity contribution < 1.29 is 23.9 Å². The summed E-state index contributed by atoms with van der Waals surface area (Å²) in [5, 5.41) is 10.9. The topological polar surface area (TPSA) is 149 Å². The first-order chi connectivity index (χ1) is 8.43. The molecule has 1 aromatic rings. The summed E-state index contributed by atoms with van der Waals surface area (Å²) in [7, 11) is 0. The Labute approximate surface area is 102 Å². The Bertz CT molecular complexity index is 468. The van der Waals surface area contributed by atoms with E-state index >= 15 is 0 Å². The lowest BCUT2D eigenvalue weighted by molar-refractivity contribution is -0.140. The Kier molecular flexibility index (Phi) is 4.44. The molecule has 1 atom stereocenters. The van der Waals surface area contributed by atoms with E-state index in [9.17, 15) is 14.4 Å². The fourth-order valence-electron chi connectivity index (χ4n) is 1.24. The van der Waals surface area contributed by atoms with Gasteiger partial charge in [-0.3, -0.25) is 9.59 Å². The second-order valence-electron chi connectivity index (χ2n) is 3.50. The first kappa shape index (κ1) is 13.7. The first-order valence-electron chi connectivity index (χ1n) is 5.04. The van der Waals surface area contributed by atoms with Crippen molar-refractivity contribution in [3.63, 3.8) is 0 Å². The van der Waals surface area contributed by atoms with Gasteiger partial charge in [-0.25, -0.2) is 4.79 Å². The SMILES string of the molecule is NCc1ccc(C(=O)N[C@H](CC(N)=O)C(=O)O)o1. The maximum atomic E-state index is 11.6. The van der Waals surface area contributed by atoms with Crippen LogP contribution >= 0.6 is 0 Å². The number of rotatable bonds is 6. The van der Waals surface area contributed by atoms with E-state index in [4.69, 9.17) is 21.0 Å². The number of furan rings is 1. The summed E-state index contributed by atoms with van der Waals surface area (Å²) < 4.78 is 5.03. The van der Waals surface area contributed by atoms with E-state index in [0.717, 1.165) is 0 Å². The van der Waals surface area contributed by atoms with Gasteiger partial charge in [0, 0.05) is 0 Å². The van der Waals surface area contributed by atoms with Crippen LogP contribution in [0.5, 0.6) is 0 Å². The maximum Gasteiger partial charge on any atom is 0.326 e. The van der Waals surface area contributed by atoms with Crippen molar-refractivity contribution in [1.82, 2.24) is 5.32 Å². The second kappa shape index (κ2) is 5.82. The molecule has 0 radical (unpaired) electrons. The number of carbonyl (C=O) groups is 3. The smallest absolute Gasteiger partial charge is 0.326 e. The van der Waals surface area contributed by atoms with E-state index in [1.54, 1.807) is 0 Å². The van der Waals surface area contributed by atoms with Crippen LogP contribution < -0.4 is 16.8 Å². The number of carbonyl (C=O) groups excluding carboxylic acids is 2. The molecule has 1 heterocycles. The summed E-state index contributed by atoms with van der Waals surface area (Å²) in [5.74, 6) is -2.62. The number of carboxylic acids is 1. The third-order valence-electron chi connectivity index (χ3n) is 2.10. The summed E-state index contributed by atoms with van der Waals surface area (Å²) in [5.41, 5.74) is 10.2. The van der Waals surface area contributed by atoms with Crippen molar-refractivity contribution in [2.75, 3.05) is 0 Å². The van der Waals surface area contributed by atoms with Crippen LogP contribution in [0.4, 0.5) is 0 Å². The molecule has 18 heavy (non-hydrogen) atoms. The third kappa shape index (κ3) is 3.59. The summed E-state index contributed by atoms with van der Waals surface area (Å²) >= 11 is 0. The Morgan fingerprint density at radius 2 is 2.06 bits per heavy atom. The minimum Gasteiger partial charge on any atom is -0.480 e. The molecule has 0 spiro atoms. The van der Waals surface area contributed by atoms with E-state index in [1.165, 1.54) is 12.1 Å². The molecular formula is C10H13N3O5. The molecule has 1 rings (SSSR count). The molecule has 1 aromatic heterocycles. The summed E-state index contributed by atoms with van der Waals surface area (Å²) in [6.07, 6.45) is -0.495. The van der Waals surface area contributed by atoms with E-state index in [-0.39, 0.29) is 12.3 Å². The molecule has 8 heteroatoms. The number of aliphatic carboxylic acids is 1. The van der Waals surface area contributed by atoms with Crippen LogP contribution in [-0.2, 0) is 16.1 Å². The highest BCUT2D eigenvalue weighted by atomic mass is 16.4. The van der Waals surface area contributed by atoms with Crippen LogP contribution in [0.15, 0.2) is 16.5 Å². The van der Waals surface area contributed by atoms with Crippen molar-refractivity contribution in [3.8, 4) is 0 Å². The Morgan fingerprint density at radius 3 is 2.50 bits per heavy atom. The van der Waals surface area contributed by atoms with Gasteiger partial charge in [-0.1, -0.05) is 0 Å². The maximum absolute atomic E-state index is 11.6. The largest absolute Gasteiger partial charge is 0.480 e. The van der Waals surface area contributed by atoms with Crippen molar-refractivity contribution in [1.29, 1.82) is 0 Å². The second-order valence-corrected chi connectivity index (χ2v) is 3.50. The molecule has 0 aromatic carbocycles. The molecular weight excluding hydrogens is 242 g/mol. The molecule has 0 unspecified atom stereocenters. The van der Waals surface area contributed by atoms with Gasteiger partial charge in [-0.05, 0) is 12.1 Å². The van der Waals surface area contributed by atoms with E-state index < -0.39 is 30.2 Å². The van der Waals surface area contributed by atoms with Crippen LogP contribution in [0.3, 0.4) is 0 Å². The van der Waals surface area contributed by atoms with Crippen LogP contribution in [0, 0.1) is 0 Å². The van der Waals surface area contributed by atoms with E-state index in [0.29, 0.717) is 5.76 Å². The Morgan fingerprint density at radius 1 is 1.39 bits per heavy atom. The Balaban J connectivity index is 2.71. The number of amides is 2. The molecule has 98 valence electrons. The fraction of sp³-hybridized carbons (Fsp3) is 0.300. The van der Waals surface area contributed by atoms with Gasteiger partial charge in [0.05, 0.1) is 13.0 Å². The van der Waals surface area contributed by atoms with Crippen molar-refractivity contribution in [2.45, 2.75) is 19.0 Å². The van der Waals surface area contributed by atoms with Gasteiger partial charge >= 0.3 is 5.97 Å². The number of nitrogens with one attached hydrogen (secondary N) is 1. The number of primary amides is 1. The zero-order chi connectivity index (χ0) is 13.7. The van der Waals surface area contributed by atoms with Gasteiger partial charge in [-0.2, -0.15) is 0 Å². The number of hydrogen-bond donors (Lipinski definition) is 4. The highest BCUT2D eigenvalue weighted by Crippen LogP contribution is 2.07. The lowest BCUT2D eigenvalue weighted by Crippen LogP contribution is -2.43. The van der Waals surface area contributed by atoms with Crippen LogP contribution in [0.25, 0.3) is 0 Å². The molecule has 6 N–H and O–H groups in total. The normalized spacial score (nSPS) is 11.8. The first-order valence-corrected chi connectivity index (χ1v) is 5.04. The molecule has 0 bridgehead atoms. The van der Waals surface area contributed by atoms with Crippen LogP contribution in [0.1, 0.15) is 22.7 Å². The minimum absolute atomic E-state index is 0.0776. The minimum atomic E-state index is -1.39. The average Bonchev–Trinajstić information content (AvgIpc) is 2.75. The highest BCUT2D eigenvalue weighted by molar-refractivity contribution is 5.95. The molecule has 0 aliphatic rings. The van der Waals surface area contributed by atoms with Gasteiger partial charge in [0.1, 0.15) is 11.8 Å². The number of hydrogen-bond acceptors (Lipinski definition) is 5. The van der Waals surface area contributed by atoms with Gasteiger partial charge in [-0.15, -0.1) is 0 Å². The molecule has 0 aliphatic carbocycles. The molecule has 0 saturated heterocycles. The standard InChI is InChI=1S/C10H13N3O5/c11-4-5-1-2-7(18-5)9(15)13-6(10(16)17)3-8(12)14/h1-2,6H,3-4,11H2,(H2,12,14)(H,13,15)(H,16,17)/t6-/m1/s1. The van der Waals surface area contributed by atoms with Crippen molar-refractivity contribution in [3.05, 3.63) is 23.7 Å². The molecule has 0 aliphatic heterocycles. The van der Waals surface area contributed by atoms with E-state index in [2.05, 4.69) is 5.32 Å². The third-order valence-corrected chi connectivity index (χ3v) is 2.10. The lowest BCUT2D eigenvalue weighted by atomic mass is 10.2. The summed E-state index contributed by atoms with van der Waals surface area (Å²) in [6, 6.07) is 1.47. The van der Waals surface area contributed by atoms with Gasteiger partial charge in [0.25, 0.3) is 5.91 Å². The zero-order valence-corrected chi connectivity index (χ0v) is 9.38. The summed E-state index contributed by atoms with van der Waals surface area (Å²) in [4.78, 5) is 33.0. The number of carboxylic acid groups (broad SMARTS) is 1.